The third-order valence-corrected chi connectivity index (χ3v) is 4.41. The second-order valence-corrected chi connectivity index (χ2v) is 5.69. The van der Waals surface area contributed by atoms with E-state index in [4.69, 9.17) is 15.0 Å². The van der Waals surface area contributed by atoms with Crippen molar-refractivity contribution in [3.05, 3.63) is 10.4 Å². The highest BCUT2D eigenvalue weighted by atomic mass is 16.7. The van der Waals surface area contributed by atoms with Gasteiger partial charge in [0.1, 0.15) is 0 Å². The first-order valence-electron chi connectivity index (χ1n) is 7.50. The van der Waals surface area contributed by atoms with Gasteiger partial charge in [-0.15, -0.1) is 0 Å². The van der Waals surface area contributed by atoms with E-state index in [2.05, 4.69) is 30.8 Å². The predicted octanol–water partition coefficient (Wildman–Crippen LogP) is 3.11. The fourth-order valence-electron chi connectivity index (χ4n) is 2.59. The Morgan fingerprint density at radius 3 is 2.55 bits per heavy atom. The summed E-state index contributed by atoms with van der Waals surface area (Å²) in [5.41, 5.74) is 8.16. The Kier molecular flexibility index (Phi) is 7.92. The molecular weight excluding hydrogens is 258 g/mol. The maximum atomic E-state index is 9.36. The van der Waals surface area contributed by atoms with Gasteiger partial charge in [-0.25, -0.2) is 0 Å². The van der Waals surface area contributed by atoms with Crippen LogP contribution in [0.1, 0.15) is 40.0 Å². The molecule has 0 bridgehead atoms. The number of hydrogen-bond acceptors (Lipinski definition) is 4. The molecule has 0 aromatic carbocycles. The highest BCUT2D eigenvalue weighted by molar-refractivity contribution is 4.82. The molecule has 0 aliphatic carbocycles. The molecule has 116 valence electrons. The van der Waals surface area contributed by atoms with Crippen LogP contribution < -0.4 is 0 Å². The lowest BCUT2D eigenvalue weighted by molar-refractivity contribution is -0.254. The summed E-state index contributed by atoms with van der Waals surface area (Å²) in [7, 11) is 0. The van der Waals surface area contributed by atoms with Gasteiger partial charge in [0.15, 0.2) is 6.29 Å². The summed E-state index contributed by atoms with van der Waals surface area (Å²) in [5, 5.41) is 12.9. The van der Waals surface area contributed by atoms with Gasteiger partial charge in [0, 0.05) is 24.0 Å². The molecule has 1 N–H and O–H groups in total. The normalized spacial score (nSPS) is 33.7. The van der Waals surface area contributed by atoms with Crippen molar-refractivity contribution < 1.29 is 14.6 Å². The van der Waals surface area contributed by atoms with E-state index in [9.17, 15) is 5.11 Å². The summed E-state index contributed by atoms with van der Waals surface area (Å²) in [6.45, 7) is 7.69. The Bertz CT molecular complexity index is 319. The Labute approximate surface area is 121 Å². The Morgan fingerprint density at radius 2 is 1.90 bits per heavy atom. The lowest BCUT2D eigenvalue weighted by atomic mass is 9.79. The number of hydrogen-bond donors (Lipinski definition) is 1. The molecule has 0 radical (unpaired) electrons. The third kappa shape index (κ3) is 4.94. The number of aliphatic hydroxyl groups is 1. The second kappa shape index (κ2) is 9.19. The van der Waals surface area contributed by atoms with E-state index in [1.807, 2.05) is 0 Å². The van der Waals surface area contributed by atoms with Crippen molar-refractivity contribution in [1.82, 2.24) is 0 Å². The van der Waals surface area contributed by atoms with Gasteiger partial charge < -0.3 is 14.6 Å². The minimum atomic E-state index is -0.226. The molecule has 20 heavy (non-hydrogen) atoms. The first kappa shape index (κ1) is 17.2. The fraction of sp³-hybridized carbons (Fsp3) is 1.00. The van der Waals surface area contributed by atoms with Gasteiger partial charge in [0.25, 0.3) is 0 Å². The molecule has 1 aliphatic heterocycles. The van der Waals surface area contributed by atoms with E-state index in [1.165, 1.54) is 0 Å². The standard InChI is InChI=1S/C14H27N3O3/c1-10-11(2)13(9-18)20-14(12(10)3)19-8-6-4-5-7-16-17-15/h10-14,18H,4-9H2,1-3H3/t10-,11+,12?,13?,14-/m0/s1. The molecule has 0 amide bonds. The van der Waals surface area contributed by atoms with Crippen molar-refractivity contribution in [2.75, 3.05) is 19.8 Å². The number of rotatable bonds is 8. The molecule has 1 rings (SSSR count). The lowest BCUT2D eigenvalue weighted by Gasteiger charge is -2.42. The van der Waals surface area contributed by atoms with Crippen molar-refractivity contribution in [2.45, 2.75) is 52.4 Å². The SMILES string of the molecule is CC1[C@@H](OCCCCCN=[N+]=[N-])OC(CO)[C@H](C)[C@@H]1C. The quantitative estimate of drug-likeness (QED) is 0.322. The van der Waals surface area contributed by atoms with Gasteiger partial charge >= 0.3 is 0 Å². The molecule has 0 saturated carbocycles. The number of azide groups is 1. The largest absolute Gasteiger partial charge is 0.394 e. The maximum Gasteiger partial charge on any atom is 0.160 e. The molecular formula is C14H27N3O3. The third-order valence-electron chi connectivity index (χ3n) is 4.41. The van der Waals surface area contributed by atoms with Gasteiger partial charge in [0.2, 0.25) is 0 Å². The minimum absolute atomic E-state index is 0.0459. The van der Waals surface area contributed by atoms with Gasteiger partial charge in [-0.05, 0) is 30.2 Å². The fourth-order valence-corrected chi connectivity index (χ4v) is 2.59. The topological polar surface area (TPSA) is 87.5 Å². The van der Waals surface area contributed by atoms with Gasteiger partial charge in [-0.1, -0.05) is 32.3 Å². The van der Waals surface area contributed by atoms with Crippen LogP contribution in [-0.2, 0) is 9.47 Å². The van der Waals surface area contributed by atoms with E-state index in [-0.39, 0.29) is 19.0 Å². The Morgan fingerprint density at radius 1 is 1.15 bits per heavy atom. The van der Waals surface area contributed by atoms with Crippen LogP contribution in [0.3, 0.4) is 0 Å². The van der Waals surface area contributed by atoms with Crippen molar-refractivity contribution in [2.24, 2.45) is 22.9 Å². The predicted molar refractivity (Wildman–Crippen MR) is 77.1 cm³/mol. The van der Waals surface area contributed by atoms with Crippen LogP contribution >= 0.6 is 0 Å². The molecule has 6 nitrogen and oxygen atoms in total. The van der Waals surface area contributed by atoms with Crippen LogP contribution in [0.15, 0.2) is 5.11 Å². The average Bonchev–Trinajstić information content (AvgIpc) is 2.46. The summed E-state index contributed by atoms with van der Waals surface area (Å²) in [6, 6.07) is 0. The first-order chi connectivity index (χ1) is 9.61. The molecule has 1 fully saturated rings. The summed E-state index contributed by atoms with van der Waals surface area (Å²) in [6.07, 6.45) is 2.45. The molecule has 6 heteroatoms. The molecule has 2 unspecified atom stereocenters. The monoisotopic (exact) mass is 285 g/mol. The zero-order valence-electron chi connectivity index (χ0n) is 12.7. The Balaban J connectivity index is 2.26. The summed E-state index contributed by atoms with van der Waals surface area (Å²) in [4.78, 5) is 2.72. The number of unbranched alkanes of at least 4 members (excludes halogenated alkanes) is 2. The smallest absolute Gasteiger partial charge is 0.160 e. The van der Waals surface area contributed by atoms with Crippen LogP contribution in [-0.4, -0.2) is 37.3 Å². The zero-order valence-corrected chi connectivity index (χ0v) is 12.7. The minimum Gasteiger partial charge on any atom is -0.394 e. The molecule has 1 aliphatic rings. The van der Waals surface area contributed by atoms with Crippen molar-refractivity contribution in [1.29, 1.82) is 0 Å². The summed E-state index contributed by atoms with van der Waals surface area (Å²) < 4.78 is 11.7. The molecule has 1 heterocycles. The highest BCUT2D eigenvalue weighted by Gasteiger charge is 2.39. The van der Waals surface area contributed by atoms with Crippen LogP contribution in [0.25, 0.3) is 10.4 Å². The van der Waals surface area contributed by atoms with E-state index in [0.717, 1.165) is 19.3 Å². The van der Waals surface area contributed by atoms with Crippen molar-refractivity contribution >= 4 is 0 Å². The first-order valence-corrected chi connectivity index (χ1v) is 7.50. The molecule has 1 saturated heterocycles. The van der Waals surface area contributed by atoms with E-state index in [1.54, 1.807) is 0 Å². The van der Waals surface area contributed by atoms with Crippen LogP contribution in [0.4, 0.5) is 0 Å². The highest BCUT2D eigenvalue weighted by Crippen LogP contribution is 2.35. The zero-order chi connectivity index (χ0) is 15.0. The second-order valence-electron chi connectivity index (χ2n) is 5.69. The molecule has 0 spiro atoms. The van der Waals surface area contributed by atoms with Crippen LogP contribution in [0.5, 0.6) is 0 Å². The number of nitrogens with zero attached hydrogens (tertiary/aromatic N) is 3. The maximum absolute atomic E-state index is 9.36. The lowest BCUT2D eigenvalue weighted by Crippen LogP contribution is -2.47. The average molecular weight is 285 g/mol. The molecule has 0 aromatic heterocycles. The van der Waals surface area contributed by atoms with Crippen molar-refractivity contribution in [3.8, 4) is 0 Å². The number of ether oxygens (including phenoxy) is 2. The molecule has 5 atom stereocenters. The summed E-state index contributed by atoms with van der Waals surface area (Å²) in [5.74, 6) is 1.14. The summed E-state index contributed by atoms with van der Waals surface area (Å²) >= 11 is 0. The van der Waals surface area contributed by atoms with Crippen LogP contribution in [0.2, 0.25) is 0 Å². The van der Waals surface area contributed by atoms with Gasteiger partial charge in [0.05, 0.1) is 12.7 Å². The van der Waals surface area contributed by atoms with E-state index < -0.39 is 0 Å². The number of aliphatic hydroxyl groups excluding tert-OH is 1. The van der Waals surface area contributed by atoms with Crippen molar-refractivity contribution in [3.63, 3.8) is 0 Å². The Hall–Kier alpha value is -0.810. The molecule has 0 aromatic rings. The van der Waals surface area contributed by atoms with E-state index >= 15 is 0 Å². The van der Waals surface area contributed by atoms with Gasteiger partial charge in [-0.2, -0.15) is 0 Å². The van der Waals surface area contributed by atoms with Gasteiger partial charge in [-0.3, -0.25) is 0 Å². The van der Waals surface area contributed by atoms with E-state index in [0.29, 0.717) is 30.9 Å². The van der Waals surface area contributed by atoms with Crippen LogP contribution in [0, 0.1) is 17.8 Å².